The highest BCUT2D eigenvalue weighted by molar-refractivity contribution is 6.10. The van der Waals surface area contributed by atoms with Crippen molar-refractivity contribution in [2.75, 3.05) is 0 Å². The zero-order valence-electron chi connectivity index (χ0n) is 22.4. The van der Waals surface area contributed by atoms with Crippen LogP contribution in [0.1, 0.15) is 31.9 Å². The summed E-state index contributed by atoms with van der Waals surface area (Å²) >= 11 is 0. The largest absolute Gasteiger partial charge is 0.459 e. The van der Waals surface area contributed by atoms with Gasteiger partial charge in [0.15, 0.2) is 5.69 Å². The predicted octanol–water partition coefficient (Wildman–Crippen LogP) is 8.75. The van der Waals surface area contributed by atoms with E-state index in [0.717, 1.165) is 38.9 Å². The first-order chi connectivity index (χ1) is 19.3. The Hall–Kier alpha value is -5.46. The molecule has 0 spiro atoms. The number of aromatic nitrogens is 3. The van der Waals surface area contributed by atoms with Gasteiger partial charge in [0.2, 0.25) is 0 Å². The van der Waals surface area contributed by atoms with Gasteiger partial charge >= 0.3 is 0 Å². The van der Waals surface area contributed by atoms with Crippen LogP contribution in [0.15, 0.2) is 97.3 Å². The lowest BCUT2D eigenvalue weighted by Crippen LogP contribution is -2.12. The van der Waals surface area contributed by atoms with Crippen LogP contribution in [0.3, 0.4) is 0 Å². The highest BCUT2D eigenvalue weighted by Crippen LogP contribution is 2.37. The minimum Gasteiger partial charge on any atom is -0.459 e. The Morgan fingerprint density at radius 1 is 0.825 bits per heavy atom. The lowest BCUT2D eigenvalue weighted by Gasteiger charge is -2.20. The van der Waals surface area contributed by atoms with Crippen LogP contribution in [0.4, 0.5) is 5.69 Å². The van der Waals surface area contributed by atoms with E-state index in [1.54, 1.807) is 12.3 Å². The second kappa shape index (κ2) is 9.69. The van der Waals surface area contributed by atoms with E-state index >= 15 is 0 Å². The normalized spacial score (nSPS) is 11.3. The van der Waals surface area contributed by atoms with Gasteiger partial charge in [-0.3, -0.25) is 9.55 Å². The predicted molar refractivity (Wildman–Crippen MR) is 158 cm³/mol. The number of benzene rings is 3. The second-order valence-electron chi connectivity index (χ2n) is 10.7. The van der Waals surface area contributed by atoms with E-state index in [0.29, 0.717) is 22.7 Å². The van der Waals surface area contributed by atoms with Crippen molar-refractivity contribution < 1.29 is 4.74 Å². The molecule has 0 aliphatic carbocycles. The third-order valence-electron chi connectivity index (χ3n) is 6.92. The van der Waals surface area contributed by atoms with Gasteiger partial charge in [-0.25, -0.2) is 9.83 Å². The molecule has 0 fully saturated rings. The monoisotopic (exact) mass is 519 g/mol. The molecule has 6 heteroatoms. The number of nitriles is 1. The Bertz CT molecular complexity index is 1990. The van der Waals surface area contributed by atoms with Crippen LogP contribution in [0.5, 0.6) is 11.5 Å². The summed E-state index contributed by atoms with van der Waals surface area (Å²) in [5, 5.41) is 11.5. The zero-order chi connectivity index (χ0) is 27.9. The summed E-state index contributed by atoms with van der Waals surface area (Å²) in [4.78, 5) is 12.8. The van der Waals surface area contributed by atoms with Crippen molar-refractivity contribution in [3.63, 3.8) is 0 Å². The van der Waals surface area contributed by atoms with Crippen LogP contribution in [0, 0.1) is 17.9 Å². The molecule has 0 bridgehead atoms. The lowest BCUT2D eigenvalue weighted by atomic mass is 9.88. The number of hydrogen-bond acceptors (Lipinski definition) is 4. The van der Waals surface area contributed by atoms with Gasteiger partial charge in [0.1, 0.15) is 17.3 Å². The van der Waals surface area contributed by atoms with Crippen molar-refractivity contribution in [3.8, 4) is 34.6 Å². The van der Waals surface area contributed by atoms with Gasteiger partial charge in [-0.15, -0.1) is 0 Å². The third-order valence-corrected chi connectivity index (χ3v) is 6.92. The van der Waals surface area contributed by atoms with Gasteiger partial charge in [0.25, 0.3) is 0 Å². The van der Waals surface area contributed by atoms with Crippen LogP contribution in [0.2, 0.25) is 0 Å². The second-order valence-corrected chi connectivity index (χ2v) is 10.7. The minimum absolute atomic E-state index is 0.0437. The molecule has 0 saturated heterocycles. The number of hydrogen-bond donors (Lipinski definition) is 0. The number of rotatable bonds is 4. The molecule has 0 amide bonds. The SMILES string of the molecule is [C-]#[N+]c1cc(Oc2ccc3c4cc(C#N)ccc4n(-c4cc(C(C)(C)C)ccn4)c3c2)cc(-c2ccccn2)c1. The number of ether oxygens (including phenoxy) is 1. The van der Waals surface area contributed by atoms with Crippen molar-refractivity contribution in [2.45, 2.75) is 26.2 Å². The van der Waals surface area contributed by atoms with E-state index in [4.69, 9.17) is 16.3 Å². The molecule has 0 aliphatic heterocycles. The highest BCUT2D eigenvalue weighted by Gasteiger charge is 2.19. The lowest BCUT2D eigenvalue weighted by molar-refractivity contribution is 0.484. The minimum atomic E-state index is -0.0437. The molecular formula is C34H25N5O. The molecular weight excluding hydrogens is 494 g/mol. The summed E-state index contributed by atoms with van der Waals surface area (Å²) in [6.45, 7) is 14.1. The Morgan fingerprint density at radius 3 is 2.45 bits per heavy atom. The average molecular weight is 520 g/mol. The fourth-order valence-corrected chi connectivity index (χ4v) is 4.91. The fourth-order valence-electron chi connectivity index (χ4n) is 4.91. The first-order valence-electron chi connectivity index (χ1n) is 12.9. The van der Waals surface area contributed by atoms with Gasteiger partial charge in [-0.2, -0.15) is 5.26 Å². The van der Waals surface area contributed by atoms with E-state index in [-0.39, 0.29) is 5.41 Å². The Kier molecular flexibility index (Phi) is 6.02. The molecule has 6 rings (SSSR count). The van der Waals surface area contributed by atoms with Gasteiger partial charge in [0, 0.05) is 29.2 Å². The Labute approximate surface area is 232 Å². The van der Waals surface area contributed by atoms with E-state index < -0.39 is 0 Å². The molecule has 0 saturated carbocycles. The molecule has 3 aromatic heterocycles. The number of pyridine rings is 2. The summed E-state index contributed by atoms with van der Waals surface area (Å²) < 4.78 is 8.46. The van der Waals surface area contributed by atoms with Gasteiger partial charge in [-0.1, -0.05) is 26.8 Å². The van der Waals surface area contributed by atoms with Crippen LogP contribution >= 0.6 is 0 Å². The van der Waals surface area contributed by atoms with Crippen molar-refractivity contribution in [2.24, 2.45) is 0 Å². The first kappa shape index (κ1) is 24.9. The van der Waals surface area contributed by atoms with Gasteiger partial charge in [-0.05, 0) is 89.3 Å². The molecule has 0 atom stereocenters. The summed E-state index contributed by atoms with van der Waals surface area (Å²) in [6.07, 6.45) is 3.57. The third kappa shape index (κ3) is 4.53. The van der Waals surface area contributed by atoms with Crippen molar-refractivity contribution in [3.05, 3.63) is 120 Å². The smallest absolute Gasteiger partial charge is 0.191 e. The molecule has 0 radical (unpaired) electrons. The topological polar surface area (TPSA) is 68.1 Å². The highest BCUT2D eigenvalue weighted by atomic mass is 16.5. The molecule has 0 unspecified atom stereocenters. The summed E-state index contributed by atoms with van der Waals surface area (Å²) in [5.41, 5.74) is 5.65. The van der Waals surface area contributed by atoms with Gasteiger partial charge in [0.05, 0.1) is 34.9 Å². The summed E-state index contributed by atoms with van der Waals surface area (Å²) in [6, 6.07) is 29.2. The van der Waals surface area contributed by atoms with Crippen LogP contribution in [-0.2, 0) is 5.41 Å². The van der Waals surface area contributed by atoms with Crippen LogP contribution in [0.25, 0.3) is 43.7 Å². The Morgan fingerprint density at radius 2 is 1.70 bits per heavy atom. The molecule has 0 N–H and O–H groups in total. The maximum atomic E-state index is 9.56. The molecule has 6 nitrogen and oxygen atoms in total. The van der Waals surface area contributed by atoms with Crippen LogP contribution < -0.4 is 4.74 Å². The quantitative estimate of drug-likeness (QED) is 0.218. The molecule has 192 valence electrons. The first-order valence-corrected chi connectivity index (χ1v) is 12.9. The maximum Gasteiger partial charge on any atom is 0.191 e. The van der Waals surface area contributed by atoms with E-state index in [1.807, 2.05) is 79.0 Å². The Balaban J connectivity index is 1.52. The molecule has 3 heterocycles. The number of fused-ring (bicyclic) bond motifs is 3. The van der Waals surface area contributed by atoms with E-state index in [9.17, 15) is 5.26 Å². The average Bonchev–Trinajstić information content (AvgIpc) is 3.29. The van der Waals surface area contributed by atoms with Crippen molar-refractivity contribution in [1.29, 1.82) is 5.26 Å². The zero-order valence-corrected chi connectivity index (χ0v) is 22.4. The fraction of sp³-hybridized carbons (Fsp3) is 0.118. The molecule has 3 aromatic carbocycles. The van der Waals surface area contributed by atoms with Gasteiger partial charge < -0.3 is 4.74 Å². The van der Waals surface area contributed by atoms with Crippen molar-refractivity contribution >= 4 is 27.5 Å². The molecule has 0 aliphatic rings. The van der Waals surface area contributed by atoms with Crippen molar-refractivity contribution in [1.82, 2.24) is 14.5 Å². The molecule has 6 aromatic rings. The van der Waals surface area contributed by atoms with E-state index in [2.05, 4.69) is 47.3 Å². The summed E-state index contributed by atoms with van der Waals surface area (Å²) in [5.74, 6) is 1.97. The van der Waals surface area contributed by atoms with Crippen LogP contribution in [-0.4, -0.2) is 14.5 Å². The number of nitrogens with zero attached hydrogens (tertiary/aromatic N) is 5. The summed E-state index contributed by atoms with van der Waals surface area (Å²) in [7, 11) is 0. The molecule has 40 heavy (non-hydrogen) atoms. The maximum absolute atomic E-state index is 9.56. The standard InChI is InChI=1S/C34H25N5O/c1-34(2,3)24-12-14-38-33(18-24)39-31-11-8-22(21-35)15-29(31)28-10-9-26(20-32(28)39)40-27-17-23(16-25(19-27)36-4)30-7-5-6-13-37-30/h5-20H,1-3H3. The van der Waals surface area contributed by atoms with E-state index in [1.165, 1.54) is 5.56 Å².